The van der Waals surface area contributed by atoms with E-state index in [1.165, 1.54) is 0 Å². The van der Waals surface area contributed by atoms with Gasteiger partial charge in [0.25, 0.3) is 0 Å². The summed E-state index contributed by atoms with van der Waals surface area (Å²) in [6.45, 7) is 10.2. The average Bonchev–Trinajstić information content (AvgIpc) is 2.05. The maximum absolute atomic E-state index is 7.18. The largest absolute Gasteiger partial charge is 0.370 e. The molecule has 4 heteroatoms. The van der Waals surface area contributed by atoms with Crippen LogP contribution in [0.2, 0.25) is 0 Å². The number of nitrogens with two attached hydrogens (primary N) is 1. The summed E-state index contributed by atoms with van der Waals surface area (Å²) in [5.41, 5.74) is 5.69. The zero-order chi connectivity index (χ0) is 11.5. The summed E-state index contributed by atoms with van der Waals surface area (Å²) in [5.74, 6) is 0.101. The van der Waals surface area contributed by atoms with Gasteiger partial charge in [0.05, 0.1) is 0 Å². The van der Waals surface area contributed by atoms with Crippen molar-refractivity contribution in [3.63, 3.8) is 0 Å². The molecule has 0 aromatic carbocycles. The number of hydrogen-bond acceptors (Lipinski definition) is 2. The highest BCUT2D eigenvalue weighted by molar-refractivity contribution is 5.74. The van der Waals surface area contributed by atoms with Gasteiger partial charge in [-0.3, -0.25) is 5.41 Å². The van der Waals surface area contributed by atoms with Crippen LogP contribution in [0.1, 0.15) is 33.6 Å². The van der Waals surface area contributed by atoms with E-state index in [0.717, 1.165) is 32.5 Å². The Labute approximate surface area is 92.7 Å². The topological polar surface area (TPSA) is 65.1 Å². The van der Waals surface area contributed by atoms with Gasteiger partial charge >= 0.3 is 0 Å². The predicted octanol–water partition coefficient (Wildman–Crippen LogP) is 0.980. The van der Waals surface area contributed by atoms with Gasteiger partial charge in [-0.15, -0.1) is 0 Å². The fourth-order valence-corrected chi connectivity index (χ4v) is 2.13. The van der Waals surface area contributed by atoms with Crippen molar-refractivity contribution in [3.8, 4) is 0 Å². The van der Waals surface area contributed by atoms with E-state index >= 15 is 0 Å². The third-order valence-corrected chi connectivity index (χ3v) is 2.65. The van der Waals surface area contributed by atoms with E-state index in [1.54, 1.807) is 0 Å². The first kappa shape index (κ1) is 12.3. The van der Waals surface area contributed by atoms with Crippen molar-refractivity contribution < 1.29 is 0 Å². The number of guanidine groups is 1. The first-order chi connectivity index (χ1) is 6.87. The van der Waals surface area contributed by atoms with Crippen LogP contribution in [0.3, 0.4) is 0 Å². The molecule has 0 spiro atoms. The van der Waals surface area contributed by atoms with E-state index in [0.29, 0.717) is 11.5 Å². The maximum atomic E-state index is 7.18. The molecule has 1 rings (SSSR count). The van der Waals surface area contributed by atoms with Crippen LogP contribution in [0.5, 0.6) is 0 Å². The van der Waals surface area contributed by atoms with Crippen molar-refractivity contribution in [2.24, 2.45) is 11.1 Å². The van der Waals surface area contributed by atoms with Gasteiger partial charge in [0.2, 0.25) is 0 Å². The normalized spacial score (nSPS) is 20.2. The van der Waals surface area contributed by atoms with E-state index in [1.807, 2.05) is 0 Å². The molecule has 0 unspecified atom stereocenters. The number of piperidine rings is 1. The number of nitrogens with zero attached hydrogens (tertiary/aromatic N) is 1. The molecule has 1 saturated heterocycles. The quantitative estimate of drug-likeness (QED) is 0.472. The molecule has 0 bridgehead atoms. The van der Waals surface area contributed by atoms with Crippen molar-refractivity contribution in [2.45, 2.75) is 39.7 Å². The van der Waals surface area contributed by atoms with Crippen molar-refractivity contribution in [3.05, 3.63) is 0 Å². The number of likely N-dealkylation sites (tertiary alicyclic amines) is 1. The highest BCUT2D eigenvalue weighted by Crippen LogP contribution is 2.18. The van der Waals surface area contributed by atoms with Crippen LogP contribution in [-0.2, 0) is 0 Å². The Morgan fingerprint density at radius 2 is 1.93 bits per heavy atom. The smallest absolute Gasteiger partial charge is 0.185 e. The van der Waals surface area contributed by atoms with E-state index in [9.17, 15) is 0 Å². The second kappa shape index (κ2) is 4.84. The lowest BCUT2D eigenvalue weighted by Gasteiger charge is -2.36. The summed E-state index contributed by atoms with van der Waals surface area (Å²) < 4.78 is 0. The Bertz CT molecular complexity index is 211. The maximum Gasteiger partial charge on any atom is 0.185 e. The summed E-state index contributed by atoms with van der Waals surface area (Å²) >= 11 is 0. The van der Waals surface area contributed by atoms with Gasteiger partial charge in [-0.25, -0.2) is 0 Å². The summed E-state index contributed by atoms with van der Waals surface area (Å²) in [5, 5.41) is 10.2. The molecule has 1 aliphatic heterocycles. The third kappa shape index (κ3) is 5.02. The molecule has 1 aliphatic rings. The Kier molecular flexibility index (Phi) is 3.97. The molecule has 0 aliphatic carbocycles. The van der Waals surface area contributed by atoms with Crippen LogP contribution >= 0.6 is 0 Å². The minimum atomic E-state index is 0.101. The lowest BCUT2D eigenvalue weighted by atomic mass is 9.94. The van der Waals surface area contributed by atoms with Crippen molar-refractivity contribution in [2.75, 3.05) is 19.6 Å². The summed E-state index contributed by atoms with van der Waals surface area (Å²) in [4.78, 5) is 2.50. The number of nitrogens with one attached hydrogen (secondary N) is 2. The molecular formula is C11H24N4. The zero-order valence-corrected chi connectivity index (χ0v) is 10.1. The average molecular weight is 212 g/mol. The van der Waals surface area contributed by atoms with Crippen LogP contribution in [0.4, 0.5) is 0 Å². The fourth-order valence-electron chi connectivity index (χ4n) is 2.13. The minimum Gasteiger partial charge on any atom is -0.370 e. The van der Waals surface area contributed by atoms with Crippen LogP contribution < -0.4 is 11.1 Å². The van der Waals surface area contributed by atoms with Gasteiger partial charge in [0.1, 0.15) is 0 Å². The molecule has 4 nitrogen and oxygen atoms in total. The molecule has 1 fully saturated rings. The summed E-state index contributed by atoms with van der Waals surface area (Å²) in [6, 6.07) is 0.402. The Hall–Kier alpha value is -0.770. The summed E-state index contributed by atoms with van der Waals surface area (Å²) in [7, 11) is 0. The first-order valence-electron chi connectivity index (χ1n) is 5.70. The molecule has 0 atom stereocenters. The van der Waals surface area contributed by atoms with Gasteiger partial charge in [0.15, 0.2) is 5.96 Å². The molecule has 1 heterocycles. The van der Waals surface area contributed by atoms with Crippen molar-refractivity contribution >= 4 is 5.96 Å². The molecular weight excluding hydrogens is 188 g/mol. The highest BCUT2D eigenvalue weighted by atomic mass is 15.2. The lowest BCUT2D eigenvalue weighted by molar-refractivity contribution is 0.151. The molecule has 0 aromatic rings. The standard InChI is InChI=1S/C11H24N4/c1-11(2,3)8-15-6-4-9(5-7-15)14-10(12)13/h9H,4-8H2,1-3H3,(H4,12,13,14). The van der Waals surface area contributed by atoms with Crippen LogP contribution in [-0.4, -0.2) is 36.5 Å². The minimum absolute atomic E-state index is 0.101. The zero-order valence-electron chi connectivity index (χ0n) is 10.1. The second-order valence-corrected chi connectivity index (χ2v) is 5.67. The molecule has 0 radical (unpaired) electrons. The number of hydrogen-bond donors (Lipinski definition) is 3. The molecule has 0 saturated carbocycles. The van der Waals surface area contributed by atoms with Gasteiger partial charge in [-0.1, -0.05) is 20.8 Å². The monoisotopic (exact) mass is 212 g/mol. The van der Waals surface area contributed by atoms with Gasteiger partial charge < -0.3 is 16.0 Å². The SMILES string of the molecule is CC(C)(C)CN1CCC(NC(=N)N)CC1. The van der Waals surface area contributed by atoms with E-state index in [2.05, 4.69) is 31.0 Å². The highest BCUT2D eigenvalue weighted by Gasteiger charge is 2.22. The van der Waals surface area contributed by atoms with Gasteiger partial charge in [-0.05, 0) is 18.3 Å². The molecule has 0 amide bonds. The van der Waals surface area contributed by atoms with Gasteiger partial charge in [0, 0.05) is 25.7 Å². The van der Waals surface area contributed by atoms with Crippen LogP contribution in [0.15, 0.2) is 0 Å². The fraction of sp³-hybridized carbons (Fsp3) is 0.909. The van der Waals surface area contributed by atoms with E-state index in [4.69, 9.17) is 11.1 Å². The molecule has 4 N–H and O–H groups in total. The molecule has 15 heavy (non-hydrogen) atoms. The van der Waals surface area contributed by atoms with Gasteiger partial charge in [-0.2, -0.15) is 0 Å². The van der Waals surface area contributed by atoms with Crippen LogP contribution in [0.25, 0.3) is 0 Å². The summed E-state index contributed by atoms with van der Waals surface area (Å²) in [6.07, 6.45) is 2.19. The number of rotatable bonds is 2. The van der Waals surface area contributed by atoms with E-state index in [-0.39, 0.29) is 5.96 Å². The van der Waals surface area contributed by atoms with E-state index < -0.39 is 0 Å². The lowest BCUT2D eigenvalue weighted by Crippen LogP contribution is -2.48. The first-order valence-corrected chi connectivity index (χ1v) is 5.70. The molecule has 88 valence electrons. The van der Waals surface area contributed by atoms with Crippen LogP contribution in [0, 0.1) is 10.8 Å². The van der Waals surface area contributed by atoms with Crippen molar-refractivity contribution in [1.29, 1.82) is 5.41 Å². The van der Waals surface area contributed by atoms with Crippen molar-refractivity contribution in [1.82, 2.24) is 10.2 Å². The predicted molar refractivity (Wildman–Crippen MR) is 64.0 cm³/mol. The molecule has 0 aromatic heterocycles. The Balaban J connectivity index is 2.27. The second-order valence-electron chi connectivity index (χ2n) is 5.67. The Morgan fingerprint density at radius 3 is 2.33 bits per heavy atom. The third-order valence-electron chi connectivity index (χ3n) is 2.65. The Morgan fingerprint density at radius 1 is 1.40 bits per heavy atom.